The third kappa shape index (κ3) is 6.22. The molecule has 3 nitrogen and oxygen atoms in total. The highest BCUT2D eigenvalue weighted by atomic mass is 32.2. The quantitative estimate of drug-likeness (QED) is 0.686. The highest BCUT2D eigenvalue weighted by molar-refractivity contribution is 7.99. The summed E-state index contributed by atoms with van der Waals surface area (Å²) in [5.41, 5.74) is 0. The topological polar surface area (TPSA) is 49.3 Å². The van der Waals surface area contributed by atoms with Crippen molar-refractivity contribution in [1.29, 1.82) is 0 Å². The van der Waals surface area contributed by atoms with E-state index >= 15 is 0 Å². The minimum absolute atomic E-state index is 0.349. The van der Waals surface area contributed by atoms with E-state index in [1.165, 1.54) is 0 Å². The molecule has 0 amide bonds. The summed E-state index contributed by atoms with van der Waals surface area (Å²) in [7, 11) is 0. The maximum atomic E-state index is 12.2. The normalized spacial score (nSPS) is 15.8. The van der Waals surface area contributed by atoms with Crippen LogP contribution in [0, 0.1) is 5.92 Å². The Morgan fingerprint density at radius 3 is 2.44 bits per heavy atom. The molecule has 7 heteroatoms. The molecule has 0 aromatic carbocycles. The molecule has 0 spiro atoms. The number of carboxylic acid groups (broad SMARTS) is 1. The van der Waals surface area contributed by atoms with Gasteiger partial charge in [0.1, 0.15) is 0 Å². The van der Waals surface area contributed by atoms with Crippen LogP contribution in [-0.4, -0.2) is 41.8 Å². The van der Waals surface area contributed by atoms with Gasteiger partial charge in [0.15, 0.2) is 5.92 Å². The summed E-state index contributed by atoms with van der Waals surface area (Å²) < 4.78 is 36.6. The zero-order valence-electron chi connectivity index (χ0n) is 9.17. The predicted molar refractivity (Wildman–Crippen MR) is 57.6 cm³/mol. The van der Waals surface area contributed by atoms with Crippen molar-refractivity contribution in [2.24, 2.45) is 5.92 Å². The maximum Gasteiger partial charge on any atom is 0.403 e. The minimum Gasteiger partial charge on any atom is -0.481 e. The lowest BCUT2D eigenvalue weighted by Gasteiger charge is -2.17. The molecule has 2 unspecified atom stereocenters. The summed E-state index contributed by atoms with van der Waals surface area (Å²) in [5.74, 6) is -4.16. The molecule has 16 heavy (non-hydrogen) atoms. The Bertz CT molecular complexity index is 223. The molecule has 2 atom stereocenters. The molecule has 0 saturated carbocycles. The molecule has 0 aliphatic rings. The van der Waals surface area contributed by atoms with E-state index in [-0.39, 0.29) is 0 Å². The number of carbonyl (C=O) groups is 1. The van der Waals surface area contributed by atoms with Gasteiger partial charge < -0.3 is 10.4 Å². The maximum absolute atomic E-state index is 12.2. The van der Waals surface area contributed by atoms with Gasteiger partial charge in [0.25, 0.3) is 0 Å². The van der Waals surface area contributed by atoms with Crippen LogP contribution in [-0.2, 0) is 4.79 Å². The number of carboxylic acids is 1. The molecule has 0 radical (unpaired) electrons. The first-order valence-corrected chi connectivity index (χ1v) is 6.10. The van der Waals surface area contributed by atoms with Crippen LogP contribution in [0.2, 0.25) is 0 Å². The Hall–Kier alpha value is -0.430. The lowest BCUT2D eigenvalue weighted by atomic mass is 10.1. The first-order valence-electron chi connectivity index (χ1n) is 4.82. The van der Waals surface area contributed by atoms with Gasteiger partial charge in [-0.1, -0.05) is 6.92 Å². The fraction of sp³-hybridized carbons (Fsp3) is 0.889. The number of alkyl halides is 3. The van der Waals surface area contributed by atoms with E-state index in [1.54, 1.807) is 11.8 Å². The van der Waals surface area contributed by atoms with E-state index in [0.29, 0.717) is 18.2 Å². The number of rotatable bonds is 7. The van der Waals surface area contributed by atoms with Crippen molar-refractivity contribution in [3.63, 3.8) is 0 Å². The van der Waals surface area contributed by atoms with Crippen LogP contribution in [0.15, 0.2) is 0 Å². The zero-order chi connectivity index (χ0) is 12.8. The van der Waals surface area contributed by atoms with Gasteiger partial charge in [-0.05, 0) is 19.2 Å². The van der Waals surface area contributed by atoms with E-state index in [4.69, 9.17) is 5.11 Å². The highest BCUT2D eigenvalue weighted by Gasteiger charge is 2.44. The molecule has 96 valence electrons. The van der Waals surface area contributed by atoms with Crippen LogP contribution in [0.5, 0.6) is 0 Å². The van der Waals surface area contributed by atoms with E-state index < -0.39 is 24.6 Å². The summed E-state index contributed by atoms with van der Waals surface area (Å²) in [4.78, 5) is 10.4. The molecule has 0 saturated heterocycles. The summed E-state index contributed by atoms with van der Waals surface area (Å²) in [5, 5.41) is 11.3. The number of aliphatic carboxylic acids is 1. The van der Waals surface area contributed by atoms with Crippen LogP contribution in [0.4, 0.5) is 13.2 Å². The van der Waals surface area contributed by atoms with Crippen LogP contribution >= 0.6 is 11.8 Å². The average molecular weight is 259 g/mol. The Morgan fingerprint density at radius 2 is 2.06 bits per heavy atom. The van der Waals surface area contributed by atoms with Gasteiger partial charge in [-0.2, -0.15) is 24.9 Å². The van der Waals surface area contributed by atoms with Crippen molar-refractivity contribution >= 4 is 17.7 Å². The number of thioether (sulfide) groups is 1. The van der Waals surface area contributed by atoms with Gasteiger partial charge in [-0.15, -0.1) is 0 Å². The van der Waals surface area contributed by atoms with Crippen molar-refractivity contribution in [3.8, 4) is 0 Å². The van der Waals surface area contributed by atoms with Gasteiger partial charge in [0.05, 0.1) is 0 Å². The first kappa shape index (κ1) is 15.6. The van der Waals surface area contributed by atoms with Crippen molar-refractivity contribution in [1.82, 2.24) is 5.32 Å². The fourth-order valence-corrected chi connectivity index (χ4v) is 1.37. The second-order valence-corrected chi connectivity index (χ2v) is 4.75. The fourth-order valence-electron chi connectivity index (χ4n) is 1.01. The van der Waals surface area contributed by atoms with Crippen molar-refractivity contribution in [3.05, 3.63) is 0 Å². The molecule has 0 fully saturated rings. The number of hydrogen-bond donors (Lipinski definition) is 2. The first-order chi connectivity index (χ1) is 7.29. The molecule has 0 aliphatic carbocycles. The third-order valence-corrected chi connectivity index (χ3v) is 3.21. The van der Waals surface area contributed by atoms with Crippen LogP contribution in [0.25, 0.3) is 0 Å². The van der Waals surface area contributed by atoms with Gasteiger partial charge in [0, 0.05) is 11.8 Å². The Morgan fingerprint density at radius 1 is 1.50 bits per heavy atom. The van der Waals surface area contributed by atoms with Crippen LogP contribution in [0.1, 0.15) is 13.3 Å². The van der Waals surface area contributed by atoms with Crippen LogP contribution in [0.3, 0.4) is 0 Å². The second kappa shape index (κ2) is 7.01. The summed E-state index contributed by atoms with van der Waals surface area (Å²) >= 11 is 1.62. The molecule has 0 aliphatic heterocycles. The van der Waals surface area contributed by atoms with E-state index in [0.717, 1.165) is 0 Å². The van der Waals surface area contributed by atoms with Crippen molar-refractivity contribution in [2.45, 2.75) is 24.8 Å². The summed E-state index contributed by atoms with van der Waals surface area (Å²) in [6.45, 7) is 1.78. The molecule has 0 bridgehead atoms. The molecule has 0 aromatic rings. The Balaban J connectivity index is 3.92. The molecule has 2 N–H and O–H groups in total. The Kier molecular flexibility index (Phi) is 6.82. The largest absolute Gasteiger partial charge is 0.481 e. The lowest BCUT2D eigenvalue weighted by Crippen LogP contribution is -2.39. The van der Waals surface area contributed by atoms with Gasteiger partial charge in [-0.25, -0.2) is 0 Å². The zero-order valence-corrected chi connectivity index (χ0v) is 9.99. The standard InChI is InChI=1S/C9H16F3NO2S/c1-6(16-2)3-4-13-5-7(8(14)15)9(10,11)12/h6-7,13H,3-5H2,1-2H3,(H,14,15). The SMILES string of the molecule is CSC(C)CCNCC(C(=O)O)C(F)(F)F. The predicted octanol–water partition coefficient (Wildman–Crippen LogP) is 1.98. The number of hydrogen-bond acceptors (Lipinski definition) is 3. The minimum atomic E-state index is -4.69. The van der Waals surface area contributed by atoms with Gasteiger partial charge in [-0.3, -0.25) is 4.79 Å². The Labute approximate surface area is 96.8 Å². The monoisotopic (exact) mass is 259 g/mol. The average Bonchev–Trinajstić information content (AvgIpc) is 2.14. The summed E-state index contributed by atoms with van der Waals surface area (Å²) in [6, 6.07) is 0. The second-order valence-electron chi connectivity index (χ2n) is 3.47. The van der Waals surface area contributed by atoms with Gasteiger partial charge >= 0.3 is 12.1 Å². The van der Waals surface area contributed by atoms with E-state index in [1.807, 2.05) is 13.2 Å². The number of nitrogens with one attached hydrogen (secondary N) is 1. The molecule has 0 rings (SSSR count). The molecular weight excluding hydrogens is 243 g/mol. The third-order valence-electron chi connectivity index (χ3n) is 2.17. The number of halogens is 3. The highest BCUT2D eigenvalue weighted by Crippen LogP contribution is 2.25. The lowest BCUT2D eigenvalue weighted by molar-refractivity contribution is -0.192. The van der Waals surface area contributed by atoms with Gasteiger partial charge in [0.2, 0.25) is 0 Å². The smallest absolute Gasteiger partial charge is 0.403 e. The van der Waals surface area contributed by atoms with Crippen LogP contribution < -0.4 is 5.32 Å². The summed E-state index contributed by atoms with van der Waals surface area (Å²) in [6.07, 6.45) is -2.06. The van der Waals surface area contributed by atoms with E-state index in [9.17, 15) is 18.0 Å². The molecule has 0 heterocycles. The van der Waals surface area contributed by atoms with Crippen molar-refractivity contribution < 1.29 is 23.1 Å². The van der Waals surface area contributed by atoms with Crippen molar-refractivity contribution in [2.75, 3.05) is 19.3 Å². The molecule has 0 aromatic heterocycles. The molecular formula is C9H16F3NO2S. The van der Waals surface area contributed by atoms with E-state index in [2.05, 4.69) is 5.32 Å².